The van der Waals surface area contributed by atoms with Crippen molar-refractivity contribution in [2.75, 3.05) is 13.2 Å². The lowest BCUT2D eigenvalue weighted by atomic mass is 10.2. The van der Waals surface area contributed by atoms with Gasteiger partial charge < -0.3 is 15.4 Å². The molecule has 2 fully saturated rings. The SMILES string of the molecule is CCOC(=O)N1CCC2NC(=O)NC21. The first-order valence-corrected chi connectivity index (χ1v) is 4.73. The lowest BCUT2D eigenvalue weighted by Gasteiger charge is -2.21. The van der Waals surface area contributed by atoms with Crippen LogP contribution in [0.15, 0.2) is 0 Å². The average Bonchev–Trinajstić information content (AvgIpc) is 2.62. The summed E-state index contributed by atoms with van der Waals surface area (Å²) in [5.41, 5.74) is 0. The van der Waals surface area contributed by atoms with Crippen molar-refractivity contribution < 1.29 is 14.3 Å². The number of amides is 3. The molecule has 0 aromatic rings. The van der Waals surface area contributed by atoms with Gasteiger partial charge in [-0.2, -0.15) is 0 Å². The Labute approximate surface area is 81.6 Å². The predicted molar refractivity (Wildman–Crippen MR) is 47.6 cm³/mol. The number of nitrogens with one attached hydrogen (secondary N) is 2. The van der Waals surface area contributed by atoms with Crippen LogP contribution in [0.25, 0.3) is 0 Å². The van der Waals surface area contributed by atoms with Gasteiger partial charge in [0.25, 0.3) is 0 Å². The third-order valence-electron chi connectivity index (χ3n) is 2.50. The van der Waals surface area contributed by atoms with Crippen molar-refractivity contribution in [3.63, 3.8) is 0 Å². The van der Waals surface area contributed by atoms with Crippen molar-refractivity contribution in [2.45, 2.75) is 25.6 Å². The summed E-state index contributed by atoms with van der Waals surface area (Å²) in [4.78, 5) is 23.9. The minimum Gasteiger partial charge on any atom is -0.450 e. The molecule has 0 radical (unpaired) electrons. The Bertz CT molecular complexity index is 269. The molecule has 0 aliphatic carbocycles. The Morgan fingerprint density at radius 2 is 2.43 bits per heavy atom. The van der Waals surface area contributed by atoms with E-state index in [-0.39, 0.29) is 24.3 Å². The molecule has 14 heavy (non-hydrogen) atoms. The van der Waals surface area contributed by atoms with Crippen LogP contribution in [-0.4, -0.2) is 42.4 Å². The van der Waals surface area contributed by atoms with Crippen LogP contribution >= 0.6 is 0 Å². The molecule has 0 aromatic heterocycles. The molecule has 2 saturated heterocycles. The van der Waals surface area contributed by atoms with Crippen LogP contribution in [0.2, 0.25) is 0 Å². The summed E-state index contributed by atoms with van der Waals surface area (Å²) in [6, 6.07) is -0.180. The summed E-state index contributed by atoms with van der Waals surface area (Å²) in [6.07, 6.45) is 0.188. The molecule has 78 valence electrons. The highest BCUT2D eigenvalue weighted by Crippen LogP contribution is 2.20. The monoisotopic (exact) mass is 199 g/mol. The van der Waals surface area contributed by atoms with E-state index in [1.807, 2.05) is 0 Å². The van der Waals surface area contributed by atoms with E-state index in [0.29, 0.717) is 13.2 Å². The Balaban J connectivity index is 2.01. The topological polar surface area (TPSA) is 70.7 Å². The largest absolute Gasteiger partial charge is 0.450 e. The van der Waals surface area contributed by atoms with Crippen LogP contribution in [0.1, 0.15) is 13.3 Å². The molecular formula is C8H13N3O3. The van der Waals surface area contributed by atoms with E-state index in [2.05, 4.69) is 10.6 Å². The van der Waals surface area contributed by atoms with Crippen molar-refractivity contribution in [1.82, 2.24) is 15.5 Å². The zero-order valence-electron chi connectivity index (χ0n) is 7.95. The maximum absolute atomic E-state index is 11.4. The number of nitrogens with zero attached hydrogens (tertiary/aromatic N) is 1. The first kappa shape index (κ1) is 9.11. The van der Waals surface area contributed by atoms with Gasteiger partial charge in [-0.05, 0) is 13.3 Å². The zero-order chi connectivity index (χ0) is 10.1. The van der Waals surface area contributed by atoms with Crippen LogP contribution in [0.3, 0.4) is 0 Å². The van der Waals surface area contributed by atoms with Crippen molar-refractivity contribution in [3.8, 4) is 0 Å². The Kier molecular flexibility index (Phi) is 2.18. The lowest BCUT2D eigenvalue weighted by Crippen LogP contribution is -2.45. The number of fused-ring (bicyclic) bond motifs is 1. The number of carbonyl (C=O) groups excluding carboxylic acids is 2. The highest BCUT2D eigenvalue weighted by molar-refractivity contribution is 5.79. The second kappa shape index (κ2) is 3.36. The van der Waals surface area contributed by atoms with E-state index in [0.717, 1.165) is 6.42 Å². The Morgan fingerprint density at radius 3 is 3.14 bits per heavy atom. The van der Waals surface area contributed by atoms with Gasteiger partial charge in [-0.15, -0.1) is 0 Å². The minimum absolute atomic E-state index is 0.0342. The summed E-state index contributed by atoms with van der Waals surface area (Å²) < 4.78 is 4.88. The summed E-state index contributed by atoms with van der Waals surface area (Å²) >= 11 is 0. The minimum atomic E-state index is -0.357. The van der Waals surface area contributed by atoms with Crippen LogP contribution < -0.4 is 10.6 Å². The normalized spacial score (nSPS) is 29.5. The fourth-order valence-electron chi connectivity index (χ4n) is 1.88. The maximum atomic E-state index is 11.4. The van der Waals surface area contributed by atoms with E-state index in [1.165, 1.54) is 0 Å². The number of rotatable bonds is 1. The van der Waals surface area contributed by atoms with Gasteiger partial charge in [-0.25, -0.2) is 9.59 Å². The fourth-order valence-corrected chi connectivity index (χ4v) is 1.88. The molecule has 2 aliphatic rings. The van der Waals surface area contributed by atoms with Crippen LogP contribution in [-0.2, 0) is 4.74 Å². The van der Waals surface area contributed by atoms with Gasteiger partial charge in [0.2, 0.25) is 0 Å². The van der Waals surface area contributed by atoms with Crippen molar-refractivity contribution >= 4 is 12.1 Å². The highest BCUT2D eigenvalue weighted by atomic mass is 16.6. The van der Waals surface area contributed by atoms with Gasteiger partial charge in [0.1, 0.15) is 6.17 Å². The highest BCUT2D eigenvalue weighted by Gasteiger charge is 2.43. The Morgan fingerprint density at radius 1 is 1.64 bits per heavy atom. The van der Waals surface area contributed by atoms with Crippen molar-refractivity contribution in [3.05, 3.63) is 0 Å². The van der Waals surface area contributed by atoms with Crippen LogP contribution in [0, 0.1) is 0 Å². The molecule has 0 saturated carbocycles. The van der Waals surface area contributed by atoms with E-state index >= 15 is 0 Å². The lowest BCUT2D eigenvalue weighted by molar-refractivity contribution is 0.1000. The molecular weight excluding hydrogens is 186 g/mol. The smallest absolute Gasteiger partial charge is 0.411 e. The van der Waals surface area contributed by atoms with Gasteiger partial charge in [0.15, 0.2) is 0 Å². The number of ether oxygens (including phenoxy) is 1. The summed E-state index contributed by atoms with van der Waals surface area (Å²) in [6.45, 7) is 2.74. The number of hydrogen-bond donors (Lipinski definition) is 2. The van der Waals surface area contributed by atoms with Crippen LogP contribution in [0.5, 0.6) is 0 Å². The molecule has 2 rings (SSSR count). The van der Waals surface area contributed by atoms with Gasteiger partial charge in [0, 0.05) is 6.54 Å². The molecule has 6 nitrogen and oxygen atoms in total. The summed E-state index contributed by atoms with van der Waals surface area (Å²) in [5, 5.41) is 5.42. The van der Waals surface area contributed by atoms with Crippen molar-refractivity contribution in [2.24, 2.45) is 0 Å². The second-order valence-electron chi connectivity index (χ2n) is 3.35. The Hall–Kier alpha value is -1.46. The molecule has 0 bridgehead atoms. The fraction of sp³-hybridized carbons (Fsp3) is 0.750. The van der Waals surface area contributed by atoms with E-state index in [4.69, 9.17) is 4.74 Å². The molecule has 3 amide bonds. The predicted octanol–water partition coefficient (Wildman–Crippen LogP) is -0.144. The molecule has 0 aromatic carbocycles. The standard InChI is InChI=1S/C8H13N3O3/c1-2-14-8(13)11-4-3-5-6(11)10-7(12)9-5/h5-6H,2-4H2,1H3,(H2,9,10,12). The van der Waals surface area contributed by atoms with Gasteiger partial charge in [0.05, 0.1) is 12.6 Å². The van der Waals surface area contributed by atoms with E-state index in [1.54, 1.807) is 11.8 Å². The van der Waals surface area contributed by atoms with Gasteiger partial charge >= 0.3 is 12.1 Å². The summed E-state index contributed by atoms with van der Waals surface area (Å²) in [5.74, 6) is 0. The first-order valence-electron chi connectivity index (χ1n) is 4.73. The molecule has 2 heterocycles. The first-order chi connectivity index (χ1) is 6.72. The number of hydrogen-bond acceptors (Lipinski definition) is 3. The van der Waals surface area contributed by atoms with Crippen molar-refractivity contribution in [1.29, 1.82) is 0 Å². The zero-order valence-corrected chi connectivity index (χ0v) is 7.95. The van der Waals surface area contributed by atoms with E-state index < -0.39 is 0 Å². The van der Waals surface area contributed by atoms with Crippen LogP contribution in [0.4, 0.5) is 9.59 Å². The maximum Gasteiger partial charge on any atom is 0.411 e. The molecule has 2 atom stereocenters. The van der Waals surface area contributed by atoms with E-state index in [9.17, 15) is 9.59 Å². The third kappa shape index (κ3) is 1.36. The molecule has 6 heteroatoms. The van der Waals surface area contributed by atoms with Gasteiger partial charge in [-0.3, -0.25) is 4.90 Å². The number of carbonyl (C=O) groups is 2. The molecule has 2 aliphatic heterocycles. The molecule has 2 unspecified atom stereocenters. The second-order valence-corrected chi connectivity index (χ2v) is 3.35. The van der Waals surface area contributed by atoms with Gasteiger partial charge in [-0.1, -0.05) is 0 Å². The quantitative estimate of drug-likeness (QED) is 0.617. The number of urea groups is 1. The summed E-state index contributed by atoms with van der Waals surface area (Å²) in [7, 11) is 0. The average molecular weight is 199 g/mol. The molecule has 0 spiro atoms. The third-order valence-corrected chi connectivity index (χ3v) is 2.50. The number of likely N-dealkylation sites (tertiary alicyclic amines) is 1. The molecule has 2 N–H and O–H groups in total.